The predicted molar refractivity (Wildman–Crippen MR) is 100 cm³/mol. The molecule has 0 bridgehead atoms. The summed E-state index contributed by atoms with van der Waals surface area (Å²) < 4.78 is 5.02. The van der Waals surface area contributed by atoms with Gasteiger partial charge in [-0.25, -0.2) is 4.79 Å². The normalized spacial score (nSPS) is 12.2. The molecule has 0 saturated heterocycles. The molecule has 2 N–H and O–H groups in total. The van der Waals surface area contributed by atoms with Crippen LogP contribution in [0.5, 0.6) is 0 Å². The maximum atomic E-state index is 12.2. The van der Waals surface area contributed by atoms with Crippen LogP contribution in [0.2, 0.25) is 0 Å². The number of hydrogen-bond acceptors (Lipinski definition) is 6. The van der Waals surface area contributed by atoms with Gasteiger partial charge in [-0.3, -0.25) is 14.9 Å². The molecule has 1 amide bonds. The van der Waals surface area contributed by atoms with Gasteiger partial charge < -0.3 is 15.4 Å². The fraction of sp³-hybridized carbons (Fsp3) is 0.263. The van der Waals surface area contributed by atoms with Crippen molar-refractivity contribution in [3.8, 4) is 0 Å². The second-order valence-electron chi connectivity index (χ2n) is 6.20. The van der Waals surface area contributed by atoms with Gasteiger partial charge in [0.05, 0.1) is 10.5 Å². The largest absolute Gasteiger partial charge is 0.452 e. The summed E-state index contributed by atoms with van der Waals surface area (Å²) in [7, 11) is 1.58. The SMILES string of the molecule is CNc1ccc([N+](=O)[O-])cc1C(=O)OCC(=O)Nc1ccc2c(c1)CCC2. The molecule has 0 heterocycles. The lowest BCUT2D eigenvalue weighted by Crippen LogP contribution is -2.21. The van der Waals surface area contributed by atoms with Gasteiger partial charge in [0.25, 0.3) is 11.6 Å². The minimum absolute atomic E-state index is 0.00275. The zero-order valence-corrected chi connectivity index (χ0v) is 14.8. The molecule has 0 atom stereocenters. The average molecular weight is 369 g/mol. The molecule has 0 spiro atoms. The fourth-order valence-electron chi connectivity index (χ4n) is 3.09. The van der Waals surface area contributed by atoms with Crippen molar-refractivity contribution in [2.75, 3.05) is 24.3 Å². The summed E-state index contributed by atoms with van der Waals surface area (Å²) in [5.74, 6) is -1.29. The predicted octanol–water partition coefficient (Wildman–Crippen LogP) is 2.92. The van der Waals surface area contributed by atoms with Crippen molar-refractivity contribution >= 4 is 28.9 Å². The summed E-state index contributed by atoms with van der Waals surface area (Å²) >= 11 is 0. The molecule has 0 aromatic heterocycles. The molecule has 0 fully saturated rings. The number of fused-ring (bicyclic) bond motifs is 1. The molecule has 1 aliphatic rings. The monoisotopic (exact) mass is 369 g/mol. The minimum atomic E-state index is -0.813. The Balaban J connectivity index is 1.62. The maximum absolute atomic E-state index is 12.2. The van der Waals surface area contributed by atoms with Gasteiger partial charge >= 0.3 is 5.97 Å². The third-order valence-corrected chi connectivity index (χ3v) is 4.42. The number of anilines is 2. The third kappa shape index (κ3) is 4.22. The van der Waals surface area contributed by atoms with Gasteiger partial charge in [-0.2, -0.15) is 0 Å². The standard InChI is InChI=1S/C19H19N3O5/c1-20-17-8-7-15(22(25)26)10-16(17)19(24)27-11-18(23)21-14-6-5-12-3-2-4-13(12)9-14/h5-10,20H,2-4,11H2,1H3,(H,21,23). The van der Waals surface area contributed by atoms with E-state index in [2.05, 4.69) is 10.6 Å². The number of aryl methyl sites for hydroxylation is 2. The number of esters is 1. The van der Waals surface area contributed by atoms with Crippen LogP contribution >= 0.6 is 0 Å². The fourth-order valence-corrected chi connectivity index (χ4v) is 3.09. The second kappa shape index (κ2) is 7.86. The third-order valence-electron chi connectivity index (χ3n) is 4.42. The highest BCUT2D eigenvalue weighted by Crippen LogP contribution is 2.25. The zero-order valence-electron chi connectivity index (χ0n) is 14.8. The second-order valence-corrected chi connectivity index (χ2v) is 6.20. The van der Waals surface area contributed by atoms with E-state index in [1.54, 1.807) is 7.05 Å². The van der Waals surface area contributed by atoms with Crippen LogP contribution < -0.4 is 10.6 Å². The van der Waals surface area contributed by atoms with Gasteiger partial charge in [-0.15, -0.1) is 0 Å². The molecule has 0 saturated carbocycles. The first-order chi connectivity index (χ1) is 13.0. The summed E-state index contributed by atoms with van der Waals surface area (Å²) in [4.78, 5) is 34.6. The highest BCUT2D eigenvalue weighted by molar-refractivity contribution is 5.99. The van der Waals surface area contributed by atoms with Crippen LogP contribution in [0.25, 0.3) is 0 Å². The van der Waals surface area contributed by atoms with Gasteiger partial charge in [0.2, 0.25) is 0 Å². The molecule has 8 heteroatoms. The Morgan fingerprint density at radius 3 is 2.67 bits per heavy atom. The van der Waals surface area contributed by atoms with E-state index in [-0.39, 0.29) is 11.3 Å². The van der Waals surface area contributed by atoms with E-state index in [0.29, 0.717) is 11.4 Å². The quantitative estimate of drug-likeness (QED) is 0.460. The van der Waals surface area contributed by atoms with Gasteiger partial charge in [-0.05, 0) is 48.6 Å². The minimum Gasteiger partial charge on any atom is -0.452 e. The van der Waals surface area contributed by atoms with Crippen LogP contribution in [-0.2, 0) is 22.4 Å². The Labute approximate surface area is 155 Å². The summed E-state index contributed by atoms with van der Waals surface area (Å²) in [6, 6.07) is 9.56. The molecule has 2 aromatic rings. The molecular weight excluding hydrogens is 350 g/mol. The first-order valence-electron chi connectivity index (χ1n) is 8.53. The van der Waals surface area contributed by atoms with Gasteiger partial charge in [0.1, 0.15) is 0 Å². The lowest BCUT2D eigenvalue weighted by atomic mass is 10.1. The van der Waals surface area contributed by atoms with Crippen molar-refractivity contribution in [3.05, 3.63) is 63.2 Å². The smallest absolute Gasteiger partial charge is 0.341 e. The number of nitrogens with zero attached hydrogens (tertiary/aromatic N) is 1. The molecule has 0 radical (unpaired) electrons. The summed E-state index contributed by atoms with van der Waals surface area (Å²) in [5, 5.41) is 16.4. The Kier molecular flexibility index (Phi) is 5.35. The molecule has 2 aromatic carbocycles. The zero-order chi connectivity index (χ0) is 19.4. The van der Waals surface area contributed by atoms with E-state index in [9.17, 15) is 19.7 Å². The van der Waals surface area contributed by atoms with Crippen LogP contribution in [0, 0.1) is 10.1 Å². The van der Waals surface area contributed by atoms with Crippen LogP contribution in [0.15, 0.2) is 36.4 Å². The van der Waals surface area contributed by atoms with E-state index in [1.807, 2.05) is 18.2 Å². The molecule has 0 aliphatic heterocycles. The number of carbonyl (C=O) groups excluding carboxylic acids is 2. The molecule has 8 nitrogen and oxygen atoms in total. The van der Waals surface area contributed by atoms with Gasteiger partial charge in [-0.1, -0.05) is 6.07 Å². The van der Waals surface area contributed by atoms with Crippen LogP contribution in [0.1, 0.15) is 27.9 Å². The van der Waals surface area contributed by atoms with Crippen molar-refractivity contribution in [1.82, 2.24) is 0 Å². The maximum Gasteiger partial charge on any atom is 0.341 e. The number of benzene rings is 2. The molecule has 3 rings (SSSR count). The van der Waals surface area contributed by atoms with E-state index in [1.165, 1.54) is 23.3 Å². The molecule has 1 aliphatic carbocycles. The van der Waals surface area contributed by atoms with Crippen molar-refractivity contribution in [3.63, 3.8) is 0 Å². The number of hydrogen-bond donors (Lipinski definition) is 2. The highest BCUT2D eigenvalue weighted by Gasteiger charge is 2.19. The number of carbonyl (C=O) groups is 2. The molecule has 27 heavy (non-hydrogen) atoms. The first kappa shape index (κ1) is 18.4. The summed E-state index contributed by atoms with van der Waals surface area (Å²) in [6.07, 6.45) is 3.16. The van der Waals surface area contributed by atoms with Gasteiger partial charge in [0.15, 0.2) is 6.61 Å². The number of non-ortho nitro benzene ring substituents is 1. The van der Waals surface area contributed by atoms with Crippen molar-refractivity contribution < 1.29 is 19.2 Å². The number of rotatable bonds is 6. The van der Waals surface area contributed by atoms with Gasteiger partial charge in [0, 0.05) is 30.6 Å². The van der Waals surface area contributed by atoms with Crippen molar-refractivity contribution in [1.29, 1.82) is 0 Å². The molecule has 140 valence electrons. The number of nitro benzene ring substituents is 1. The van der Waals surface area contributed by atoms with Crippen molar-refractivity contribution in [2.45, 2.75) is 19.3 Å². The topological polar surface area (TPSA) is 111 Å². The Bertz CT molecular complexity index is 910. The lowest BCUT2D eigenvalue weighted by molar-refractivity contribution is -0.384. The number of ether oxygens (including phenoxy) is 1. The Hall–Kier alpha value is -3.42. The lowest BCUT2D eigenvalue weighted by Gasteiger charge is -2.10. The molecule has 0 unspecified atom stereocenters. The summed E-state index contributed by atoms with van der Waals surface area (Å²) in [6.45, 7) is -0.484. The van der Waals surface area contributed by atoms with E-state index >= 15 is 0 Å². The summed E-state index contributed by atoms with van der Waals surface area (Å²) in [5.41, 5.74) is 3.32. The highest BCUT2D eigenvalue weighted by atomic mass is 16.6. The Morgan fingerprint density at radius 2 is 1.93 bits per heavy atom. The number of amides is 1. The van der Waals surface area contributed by atoms with E-state index < -0.39 is 23.4 Å². The number of nitrogens with one attached hydrogen (secondary N) is 2. The average Bonchev–Trinajstić information content (AvgIpc) is 3.13. The number of nitro groups is 1. The first-order valence-corrected chi connectivity index (χ1v) is 8.53. The van der Waals surface area contributed by atoms with Crippen LogP contribution in [0.4, 0.5) is 17.1 Å². The molecular formula is C19H19N3O5. The Morgan fingerprint density at radius 1 is 1.15 bits per heavy atom. The van der Waals surface area contributed by atoms with Crippen molar-refractivity contribution in [2.24, 2.45) is 0 Å². The van der Waals surface area contributed by atoms with Crippen LogP contribution in [-0.4, -0.2) is 30.5 Å². The van der Waals surface area contributed by atoms with E-state index in [0.717, 1.165) is 25.3 Å². The van der Waals surface area contributed by atoms with E-state index in [4.69, 9.17) is 4.74 Å². The van der Waals surface area contributed by atoms with Crippen LogP contribution in [0.3, 0.4) is 0 Å².